The van der Waals surface area contributed by atoms with Crippen molar-refractivity contribution in [3.8, 4) is 0 Å². The molecule has 1 aromatic carbocycles. The molecule has 0 fully saturated rings. The number of benzene rings is 1. The molecular formula is C15H16N4O8. The number of aromatic nitrogens is 2. The van der Waals surface area contributed by atoms with Gasteiger partial charge < -0.3 is 25.9 Å². The van der Waals surface area contributed by atoms with Crippen LogP contribution in [0.3, 0.4) is 0 Å². The van der Waals surface area contributed by atoms with E-state index in [0.29, 0.717) is 0 Å². The second-order valence-electron chi connectivity index (χ2n) is 5.40. The molecule has 144 valence electrons. The predicted octanol–water partition coefficient (Wildman–Crippen LogP) is -0.948. The Kier molecular flexibility index (Phi) is 6.20. The van der Waals surface area contributed by atoms with Crippen LogP contribution in [0.5, 0.6) is 0 Å². The summed E-state index contributed by atoms with van der Waals surface area (Å²) in [6.07, 6.45) is -1.13. The number of rotatable bonds is 7. The third-order valence-electron chi connectivity index (χ3n) is 3.57. The molecule has 1 heterocycles. The summed E-state index contributed by atoms with van der Waals surface area (Å²) < 4.78 is 5.76. The highest BCUT2D eigenvalue weighted by molar-refractivity contribution is 5.81. The Balaban J connectivity index is 2.29. The zero-order chi connectivity index (χ0) is 20.1. The lowest BCUT2D eigenvalue weighted by molar-refractivity contribution is -0.991. The first-order valence-electron chi connectivity index (χ1n) is 7.48. The molecule has 0 aliphatic heterocycles. The number of carboxylic acids is 2. The molecule has 0 aliphatic carbocycles. The van der Waals surface area contributed by atoms with Crippen LogP contribution in [0.25, 0.3) is 0 Å². The number of carbonyl (C=O) groups is 3. The largest absolute Gasteiger partial charge is 0.595 e. The highest BCUT2D eigenvalue weighted by Crippen LogP contribution is 2.24. The lowest BCUT2D eigenvalue weighted by atomic mass is 10.1. The predicted molar refractivity (Wildman–Crippen MR) is 86.0 cm³/mol. The van der Waals surface area contributed by atoms with Crippen LogP contribution in [0.4, 0.5) is 10.5 Å². The van der Waals surface area contributed by atoms with Crippen LogP contribution in [-0.2, 0) is 20.7 Å². The fourth-order valence-corrected chi connectivity index (χ4v) is 2.28. The van der Waals surface area contributed by atoms with E-state index in [1.807, 2.05) is 0 Å². The van der Waals surface area contributed by atoms with Crippen molar-refractivity contribution in [3.05, 3.63) is 53.3 Å². The standard InChI is InChI=1S/C15H16N4O8/c16-10(13(20)21)5-8-6-17-7-18(8)15(24)27-12(14(22)23)9-3-1-2-4-11(9)19(25)26/h1-4,6-7,10,12,19,25H,5,16H2,(H,20,21)(H,22,23)/t10-,12?/m0/s1. The fraction of sp³-hybridized carbons (Fsp3) is 0.200. The minimum absolute atomic E-state index is 0.0885. The third-order valence-corrected chi connectivity index (χ3v) is 3.57. The van der Waals surface area contributed by atoms with Crippen LogP contribution < -0.4 is 11.0 Å². The molecule has 0 amide bonds. The number of hydrogen-bond donors (Lipinski definition) is 5. The van der Waals surface area contributed by atoms with Crippen LogP contribution in [0, 0.1) is 5.21 Å². The van der Waals surface area contributed by atoms with Gasteiger partial charge in [0.25, 0.3) is 0 Å². The van der Waals surface area contributed by atoms with E-state index in [4.69, 9.17) is 15.6 Å². The summed E-state index contributed by atoms with van der Waals surface area (Å²) in [5.41, 5.74) is 4.94. The highest BCUT2D eigenvalue weighted by atomic mass is 16.8. The SMILES string of the molecule is N[C@@H](Cc1cncn1C(=O)OC(C(=O)O)c1ccccc1[NH+]([O-])O)C(=O)O. The molecule has 2 rings (SSSR count). The smallest absolute Gasteiger partial charge is 0.420 e. The van der Waals surface area contributed by atoms with E-state index >= 15 is 0 Å². The van der Waals surface area contributed by atoms with Gasteiger partial charge in [-0.1, -0.05) is 12.1 Å². The van der Waals surface area contributed by atoms with Gasteiger partial charge in [-0.15, -0.1) is 0 Å². The maximum atomic E-state index is 12.3. The van der Waals surface area contributed by atoms with Crippen molar-refractivity contribution in [2.75, 3.05) is 0 Å². The normalized spacial score (nSPS) is 14.2. The molecule has 2 aromatic rings. The van der Waals surface area contributed by atoms with Crippen molar-refractivity contribution in [2.24, 2.45) is 5.73 Å². The second-order valence-corrected chi connectivity index (χ2v) is 5.40. The van der Waals surface area contributed by atoms with Gasteiger partial charge in [0.05, 0.1) is 11.3 Å². The number of hydrogen-bond acceptors (Lipinski definition) is 8. The Hall–Kier alpha value is -3.32. The van der Waals surface area contributed by atoms with Gasteiger partial charge in [0, 0.05) is 18.7 Å². The monoisotopic (exact) mass is 380 g/mol. The van der Waals surface area contributed by atoms with Crippen LogP contribution in [0.1, 0.15) is 17.4 Å². The highest BCUT2D eigenvalue weighted by Gasteiger charge is 2.30. The van der Waals surface area contributed by atoms with Crippen LogP contribution >= 0.6 is 0 Å². The van der Waals surface area contributed by atoms with Gasteiger partial charge in [-0.3, -0.25) is 4.79 Å². The Morgan fingerprint density at radius 1 is 1.26 bits per heavy atom. The van der Waals surface area contributed by atoms with Gasteiger partial charge >= 0.3 is 18.0 Å². The third kappa shape index (κ3) is 4.65. The Morgan fingerprint density at radius 3 is 2.52 bits per heavy atom. The molecule has 12 nitrogen and oxygen atoms in total. The van der Waals surface area contributed by atoms with Gasteiger partial charge in [-0.05, 0) is 6.07 Å². The van der Waals surface area contributed by atoms with Crippen molar-refractivity contribution in [3.63, 3.8) is 0 Å². The maximum Gasteiger partial charge on any atom is 0.420 e. The minimum Gasteiger partial charge on any atom is -0.595 e. The molecule has 3 atom stereocenters. The van der Waals surface area contributed by atoms with E-state index in [0.717, 1.165) is 10.9 Å². The zero-order valence-electron chi connectivity index (χ0n) is 13.7. The van der Waals surface area contributed by atoms with Gasteiger partial charge in [0.15, 0.2) is 5.69 Å². The van der Waals surface area contributed by atoms with E-state index in [9.17, 15) is 29.9 Å². The molecule has 0 aliphatic rings. The van der Waals surface area contributed by atoms with Crippen molar-refractivity contribution in [1.29, 1.82) is 0 Å². The summed E-state index contributed by atoms with van der Waals surface area (Å²) in [4.78, 5) is 38.4. The molecule has 0 radical (unpaired) electrons. The number of nitrogens with zero attached hydrogens (tertiary/aromatic N) is 2. The first-order valence-corrected chi connectivity index (χ1v) is 7.48. The average molecular weight is 380 g/mol. The molecule has 6 N–H and O–H groups in total. The second kappa shape index (κ2) is 8.37. The number of carbonyl (C=O) groups excluding carboxylic acids is 1. The van der Waals surface area contributed by atoms with Gasteiger partial charge in [-0.2, -0.15) is 5.23 Å². The first-order chi connectivity index (χ1) is 12.7. The first kappa shape index (κ1) is 20.0. The number of quaternary nitrogens is 1. The molecule has 27 heavy (non-hydrogen) atoms. The quantitative estimate of drug-likeness (QED) is 0.374. The summed E-state index contributed by atoms with van der Waals surface area (Å²) in [5.74, 6) is -2.88. The topological polar surface area (TPSA) is 192 Å². The number of para-hydroxylation sites is 1. The molecule has 0 saturated carbocycles. The molecule has 0 saturated heterocycles. The number of aliphatic carboxylic acids is 2. The lowest BCUT2D eigenvalue weighted by Gasteiger charge is -2.20. The summed E-state index contributed by atoms with van der Waals surface area (Å²) in [5, 5.41) is 37.3. The summed E-state index contributed by atoms with van der Waals surface area (Å²) >= 11 is 0. The van der Waals surface area contributed by atoms with Crippen LogP contribution in [-0.4, -0.2) is 49.0 Å². The van der Waals surface area contributed by atoms with E-state index in [1.165, 1.54) is 30.5 Å². The summed E-state index contributed by atoms with van der Waals surface area (Å²) in [6.45, 7) is 0. The van der Waals surface area contributed by atoms with Crippen LogP contribution in [0.15, 0.2) is 36.8 Å². The molecule has 1 aromatic heterocycles. The Bertz CT molecular complexity index is 850. The Morgan fingerprint density at radius 2 is 1.93 bits per heavy atom. The van der Waals surface area contributed by atoms with Gasteiger partial charge in [0.1, 0.15) is 12.4 Å². The van der Waals surface area contributed by atoms with Crippen LogP contribution in [0.2, 0.25) is 0 Å². The van der Waals surface area contributed by atoms with E-state index < -0.39 is 35.4 Å². The summed E-state index contributed by atoms with van der Waals surface area (Å²) in [7, 11) is 0. The van der Waals surface area contributed by atoms with Crippen molar-refractivity contribution in [2.45, 2.75) is 18.6 Å². The number of carboxylic acid groups (broad SMARTS) is 2. The fourth-order valence-electron chi connectivity index (χ4n) is 2.28. The van der Waals surface area contributed by atoms with E-state index in [-0.39, 0.29) is 23.4 Å². The number of imidazole rings is 1. The molecule has 12 heteroatoms. The summed E-state index contributed by atoms with van der Waals surface area (Å²) in [6, 6.07) is 3.88. The zero-order valence-corrected chi connectivity index (χ0v) is 13.7. The minimum atomic E-state index is -1.90. The lowest BCUT2D eigenvalue weighted by Crippen LogP contribution is -2.99. The van der Waals surface area contributed by atoms with Gasteiger partial charge in [0.2, 0.25) is 6.10 Å². The van der Waals surface area contributed by atoms with Gasteiger partial charge in [-0.25, -0.2) is 24.3 Å². The van der Waals surface area contributed by atoms with E-state index in [2.05, 4.69) is 4.98 Å². The Labute approximate surface area is 151 Å². The van der Waals surface area contributed by atoms with Crippen molar-refractivity contribution >= 4 is 23.7 Å². The number of nitrogens with two attached hydrogens (primary N) is 1. The number of nitrogens with one attached hydrogen (secondary N) is 1. The number of ether oxygens (including phenoxy) is 1. The van der Waals surface area contributed by atoms with Crippen molar-refractivity contribution < 1.29 is 39.8 Å². The average Bonchev–Trinajstić information content (AvgIpc) is 3.07. The molecule has 0 bridgehead atoms. The van der Waals surface area contributed by atoms with E-state index in [1.54, 1.807) is 0 Å². The molecular weight excluding hydrogens is 364 g/mol. The van der Waals surface area contributed by atoms with Crippen molar-refractivity contribution in [1.82, 2.24) is 9.55 Å². The molecule has 2 unspecified atom stereocenters. The maximum absolute atomic E-state index is 12.3. The molecule has 0 spiro atoms.